The number of β-amino-alcohol motifs (C(OH)–C–C–N with tert-alkyl or cyclic N) is 1. The van der Waals surface area contributed by atoms with Crippen molar-refractivity contribution in [1.29, 1.82) is 0 Å². The minimum Gasteiger partial charge on any atom is -0.393 e. The third-order valence-corrected chi connectivity index (χ3v) is 4.09. The van der Waals surface area contributed by atoms with Gasteiger partial charge in [-0.05, 0) is 38.1 Å². The number of aliphatic hydroxyl groups excluding tert-OH is 2. The first kappa shape index (κ1) is 12.3. The van der Waals surface area contributed by atoms with Crippen LogP contribution in [0.5, 0.6) is 0 Å². The van der Waals surface area contributed by atoms with Crippen molar-refractivity contribution in [1.82, 2.24) is 4.90 Å². The zero-order chi connectivity index (χ0) is 11.4. The number of hydrogen-bond acceptors (Lipinski definition) is 3. The van der Waals surface area contributed by atoms with Crippen LogP contribution < -0.4 is 0 Å². The second kappa shape index (κ2) is 5.99. The molecule has 2 N–H and O–H groups in total. The SMILES string of the molecule is OC1CCCN(CC2CCCCCC2O)C1. The summed E-state index contributed by atoms with van der Waals surface area (Å²) in [5.41, 5.74) is 0. The van der Waals surface area contributed by atoms with Crippen molar-refractivity contribution >= 4 is 0 Å². The molecule has 0 aromatic carbocycles. The van der Waals surface area contributed by atoms with E-state index >= 15 is 0 Å². The first-order valence-corrected chi connectivity index (χ1v) is 6.84. The number of likely N-dealkylation sites (tertiary alicyclic amines) is 1. The average molecular weight is 227 g/mol. The molecule has 1 saturated carbocycles. The van der Waals surface area contributed by atoms with E-state index in [9.17, 15) is 10.2 Å². The first-order valence-electron chi connectivity index (χ1n) is 6.84. The molecule has 0 bridgehead atoms. The summed E-state index contributed by atoms with van der Waals surface area (Å²) < 4.78 is 0. The van der Waals surface area contributed by atoms with Crippen molar-refractivity contribution in [3.63, 3.8) is 0 Å². The predicted molar refractivity (Wildman–Crippen MR) is 64.3 cm³/mol. The molecule has 3 atom stereocenters. The van der Waals surface area contributed by atoms with E-state index in [0.29, 0.717) is 5.92 Å². The van der Waals surface area contributed by atoms with Gasteiger partial charge in [-0.1, -0.05) is 19.3 Å². The number of piperidine rings is 1. The van der Waals surface area contributed by atoms with Crippen LogP contribution in [-0.4, -0.2) is 47.0 Å². The molecule has 1 aliphatic carbocycles. The summed E-state index contributed by atoms with van der Waals surface area (Å²) in [7, 11) is 0. The minimum absolute atomic E-state index is 0.110. The summed E-state index contributed by atoms with van der Waals surface area (Å²) in [4.78, 5) is 2.34. The number of nitrogens with zero attached hydrogens (tertiary/aromatic N) is 1. The monoisotopic (exact) mass is 227 g/mol. The van der Waals surface area contributed by atoms with Gasteiger partial charge in [-0.2, -0.15) is 0 Å². The van der Waals surface area contributed by atoms with E-state index in [2.05, 4.69) is 4.90 Å². The van der Waals surface area contributed by atoms with Crippen LogP contribution >= 0.6 is 0 Å². The summed E-state index contributed by atoms with van der Waals surface area (Å²) >= 11 is 0. The van der Waals surface area contributed by atoms with Gasteiger partial charge in [0.15, 0.2) is 0 Å². The third-order valence-electron chi connectivity index (χ3n) is 4.09. The molecular formula is C13H25NO2. The van der Waals surface area contributed by atoms with Gasteiger partial charge in [-0.3, -0.25) is 0 Å². The van der Waals surface area contributed by atoms with Gasteiger partial charge in [-0.15, -0.1) is 0 Å². The van der Waals surface area contributed by atoms with Crippen LogP contribution in [0.3, 0.4) is 0 Å². The molecule has 16 heavy (non-hydrogen) atoms. The smallest absolute Gasteiger partial charge is 0.0667 e. The van der Waals surface area contributed by atoms with Gasteiger partial charge >= 0.3 is 0 Å². The van der Waals surface area contributed by atoms with Gasteiger partial charge < -0.3 is 15.1 Å². The zero-order valence-electron chi connectivity index (χ0n) is 10.1. The second-order valence-electron chi connectivity index (χ2n) is 5.52. The van der Waals surface area contributed by atoms with Crippen LogP contribution in [0.15, 0.2) is 0 Å². The van der Waals surface area contributed by atoms with E-state index in [0.717, 1.165) is 45.3 Å². The van der Waals surface area contributed by atoms with Crippen molar-refractivity contribution in [2.75, 3.05) is 19.6 Å². The summed E-state index contributed by atoms with van der Waals surface area (Å²) in [6.07, 6.45) is 7.65. The van der Waals surface area contributed by atoms with Crippen molar-refractivity contribution in [2.24, 2.45) is 5.92 Å². The molecule has 3 nitrogen and oxygen atoms in total. The lowest BCUT2D eigenvalue weighted by Gasteiger charge is -2.34. The fraction of sp³-hybridized carbons (Fsp3) is 1.00. The molecule has 0 radical (unpaired) electrons. The Balaban J connectivity index is 1.82. The van der Waals surface area contributed by atoms with Gasteiger partial charge in [-0.25, -0.2) is 0 Å². The lowest BCUT2D eigenvalue weighted by Crippen LogP contribution is -2.42. The van der Waals surface area contributed by atoms with E-state index in [1.807, 2.05) is 0 Å². The van der Waals surface area contributed by atoms with Crippen molar-refractivity contribution in [2.45, 2.75) is 57.2 Å². The summed E-state index contributed by atoms with van der Waals surface area (Å²) in [6, 6.07) is 0. The molecule has 2 rings (SSSR count). The Labute approximate surface area is 98.5 Å². The van der Waals surface area contributed by atoms with Gasteiger partial charge in [0.05, 0.1) is 12.2 Å². The third kappa shape index (κ3) is 3.44. The Hall–Kier alpha value is -0.120. The Bertz CT molecular complexity index is 210. The van der Waals surface area contributed by atoms with Crippen LogP contribution in [-0.2, 0) is 0 Å². The Morgan fingerprint density at radius 3 is 2.56 bits per heavy atom. The zero-order valence-corrected chi connectivity index (χ0v) is 10.1. The van der Waals surface area contributed by atoms with Crippen LogP contribution in [0.25, 0.3) is 0 Å². The van der Waals surface area contributed by atoms with Crippen molar-refractivity contribution < 1.29 is 10.2 Å². The van der Waals surface area contributed by atoms with Crippen molar-refractivity contribution in [3.05, 3.63) is 0 Å². The highest BCUT2D eigenvalue weighted by molar-refractivity contribution is 4.79. The topological polar surface area (TPSA) is 43.7 Å². The molecule has 3 unspecified atom stereocenters. The molecule has 1 saturated heterocycles. The molecule has 2 aliphatic rings. The molecule has 0 aromatic heterocycles. The molecular weight excluding hydrogens is 202 g/mol. The van der Waals surface area contributed by atoms with Crippen molar-refractivity contribution in [3.8, 4) is 0 Å². The standard InChI is InChI=1S/C13H25NO2/c15-12-6-4-8-14(10-12)9-11-5-2-1-3-7-13(11)16/h11-13,15-16H,1-10H2. The molecule has 0 aromatic rings. The van der Waals surface area contributed by atoms with E-state index in [-0.39, 0.29) is 12.2 Å². The minimum atomic E-state index is -0.142. The quantitative estimate of drug-likeness (QED) is 0.701. The molecule has 1 aliphatic heterocycles. The Kier molecular flexibility index (Phi) is 4.62. The maximum absolute atomic E-state index is 10.1. The van der Waals surface area contributed by atoms with Crippen LogP contribution in [0, 0.1) is 5.92 Å². The van der Waals surface area contributed by atoms with E-state index in [4.69, 9.17) is 0 Å². The Morgan fingerprint density at radius 1 is 0.938 bits per heavy atom. The molecule has 0 amide bonds. The maximum atomic E-state index is 10.1. The van der Waals surface area contributed by atoms with Gasteiger partial charge in [0, 0.05) is 13.1 Å². The molecule has 0 spiro atoms. The highest BCUT2D eigenvalue weighted by atomic mass is 16.3. The van der Waals surface area contributed by atoms with Crippen LogP contribution in [0.4, 0.5) is 0 Å². The number of hydrogen-bond donors (Lipinski definition) is 2. The maximum Gasteiger partial charge on any atom is 0.0667 e. The van der Waals surface area contributed by atoms with Crippen LogP contribution in [0.2, 0.25) is 0 Å². The Morgan fingerprint density at radius 2 is 1.75 bits per heavy atom. The van der Waals surface area contributed by atoms with Gasteiger partial charge in [0.1, 0.15) is 0 Å². The van der Waals surface area contributed by atoms with Gasteiger partial charge in [0.25, 0.3) is 0 Å². The summed E-state index contributed by atoms with van der Waals surface area (Å²) in [5, 5.41) is 19.7. The highest BCUT2D eigenvalue weighted by Crippen LogP contribution is 2.25. The lowest BCUT2D eigenvalue weighted by molar-refractivity contribution is 0.0313. The van der Waals surface area contributed by atoms with E-state index < -0.39 is 0 Å². The summed E-state index contributed by atoms with van der Waals surface area (Å²) in [6.45, 7) is 2.89. The molecule has 2 fully saturated rings. The van der Waals surface area contributed by atoms with Gasteiger partial charge in [0.2, 0.25) is 0 Å². The lowest BCUT2D eigenvalue weighted by atomic mass is 9.95. The predicted octanol–water partition coefficient (Wildman–Crippen LogP) is 1.38. The van der Waals surface area contributed by atoms with Crippen LogP contribution in [0.1, 0.15) is 44.9 Å². The first-order chi connectivity index (χ1) is 7.75. The normalized spacial score (nSPS) is 38.2. The average Bonchev–Trinajstić information content (AvgIpc) is 2.45. The van der Waals surface area contributed by atoms with E-state index in [1.54, 1.807) is 0 Å². The number of aliphatic hydroxyl groups is 2. The fourth-order valence-electron chi connectivity index (χ4n) is 3.11. The molecule has 1 heterocycles. The summed E-state index contributed by atoms with van der Waals surface area (Å²) in [5.74, 6) is 0.438. The number of rotatable bonds is 2. The fourth-order valence-corrected chi connectivity index (χ4v) is 3.11. The van der Waals surface area contributed by atoms with E-state index in [1.165, 1.54) is 19.3 Å². The molecule has 94 valence electrons. The highest BCUT2D eigenvalue weighted by Gasteiger charge is 2.26. The largest absolute Gasteiger partial charge is 0.393 e. The molecule has 3 heteroatoms. The second-order valence-corrected chi connectivity index (χ2v) is 5.52.